The van der Waals surface area contributed by atoms with Crippen molar-refractivity contribution in [2.45, 2.75) is 20.3 Å². The number of benzene rings is 1. The zero-order valence-electron chi connectivity index (χ0n) is 11.9. The lowest BCUT2D eigenvalue weighted by molar-refractivity contribution is -0.123. The van der Waals surface area contributed by atoms with Crippen LogP contribution < -0.4 is 5.73 Å². The Hall–Kier alpha value is -1.59. The highest BCUT2D eigenvalue weighted by Crippen LogP contribution is 2.24. The Balaban J connectivity index is 2.73. The lowest BCUT2D eigenvalue weighted by atomic mass is 9.91. The van der Waals surface area contributed by atoms with Crippen LogP contribution in [-0.4, -0.2) is 29.9 Å². The van der Waals surface area contributed by atoms with Gasteiger partial charge in [-0.3, -0.25) is 14.4 Å². The van der Waals surface area contributed by atoms with E-state index >= 15 is 0 Å². The molecule has 1 rings (SSSR count). The summed E-state index contributed by atoms with van der Waals surface area (Å²) in [5, 5.41) is 0.765. The van der Waals surface area contributed by atoms with Gasteiger partial charge in [0, 0.05) is 23.2 Å². The van der Waals surface area contributed by atoms with Gasteiger partial charge in [-0.25, -0.2) is 5.06 Å². The van der Waals surface area contributed by atoms with Crippen LogP contribution in [0, 0.1) is 5.41 Å². The van der Waals surface area contributed by atoms with Crippen molar-refractivity contribution in [2.75, 3.05) is 19.4 Å². The Morgan fingerprint density at radius 2 is 1.85 bits per heavy atom. The molecule has 2 N–H and O–H groups in total. The molecule has 0 atom stereocenters. The molecule has 1 aromatic carbocycles. The molecule has 6 heteroatoms. The van der Waals surface area contributed by atoms with Crippen molar-refractivity contribution in [1.82, 2.24) is 5.06 Å². The average Bonchev–Trinajstić information content (AvgIpc) is 2.39. The summed E-state index contributed by atoms with van der Waals surface area (Å²) in [6, 6.07) is 6.55. The zero-order chi connectivity index (χ0) is 15.3. The van der Waals surface area contributed by atoms with Crippen molar-refractivity contribution < 1.29 is 14.4 Å². The molecule has 0 aliphatic carbocycles. The van der Waals surface area contributed by atoms with Crippen LogP contribution in [0.5, 0.6) is 0 Å². The minimum Gasteiger partial charge on any atom is -0.399 e. The molecule has 0 aliphatic heterocycles. The van der Waals surface area contributed by atoms with Crippen LogP contribution in [0.3, 0.4) is 0 Å². The van der Waals surface area contributed by atoms with Crippen LogP contribution in [0.2, 0.25) is 0 Å². The molecule has 20 heavy (non-hydrogen) atoms. The van der Waals surface area contributed by atoms with E-state index in [9.17, 15) is 9.59 Å². The van der Waals surface area contributed by atoms with E-state index in [1.807, 2.05) is 0 Å². The second kappa shape index (κ2) is 6.72. The third-order valence-electron chi connectivity index (χ3n) is 3.08. The van der Waals surface area contributed by atoms with E-state index in [2.05, 4.69) is 0 Å². The topological polar surface area (TPSA) is 72.6 Å². The number of amides is 1. The van der Waals surface area contributed by atoms with Crippen molar-refractivity contribution >= 4 is 28.4 Å². The van der Waals surface area contributed by atoms with Crippen LogP contribution in [0.25, 0.3) is 0 Å². The Kier molecular flexibility index (Phi) is 5.53. The fourth-order valence-corrected chi connectivity index (χ4v) is 1.62. The van der Waals surface area contributed by atoms with Crippen LogP contribution in [0.4, 0.5) is 5.69 Å². The largest absolute Gasteiger partial charge is 0.399 e. The normalized spacial score (nSPS) is 11.2. The maximum Gasteiger partial charge on any atom is 0.277 e. The van der Waals surface area contributed by atoms with Gasteiger partial charge in [0.05, 0.1) is 7.11 Å². The molecule has 0 aromatic heterocycles. The Morgan fingerprint density at radius 1 is 1.30 bits per heavy atom. The van der Waals surface area contributed by atoms with Crippen molar-refractivity contribution in [3.05, 3.63) is 29.8 Å². The summed E-state index contributed by atoms with van der Waals surface area (Å²) in [7, 11) is 1.41. The smallest absolute Gasteiger partial charge is 0.277 e. The van der Waals surface area contributed by atoms with Crippen molar-refractivity contribution in [3.8, 4) is 0 Å². The van der Waals surface area contributed by atoms with Gasteiger partial charge in [-0.1, -0.05) is 13.8 Å². The number of nitrogens with two attached hydrogens (primary N) is 1. The zero-order valence-corrected chi connectivity index (χ0v) is 12.6. The van der Waals surface area contributed by atoms with Crippen LogP contribution in [0.15, 0.2) is 24.3 Å². The molecule has 0 spiro atoms. The van der Waals surface area contributed by atoms with Gasteiger partial charge in [0.2, 0.25) is 5.24 Å². The lowest BCUT2D eigenvalue weighted by Gasteiger charge is -2.25. The maximum absolute atomic E-state index is 12.2. The van der Waals surface area contributed by atoms with E-state index in [0.29, 0.717) is 17.7 Å². The minimum atomic E-state index is -0.709. The molecule has 1 amide bonds. The highest BCUT2D eigenvalue weighted by atomic mass is 35.5. The number of rotatable bonds is 6. The first kappa shape index (κ1) is 16.5. The van der Waals surface area contributed by atoms with Crippen LogP contribution >= 0.6 is 11.6 Å². The number of nitrogen functional groups attached to an aromatic ring is 1. The molecule has 5 nitrogen and oxygen atoms in total. The second-order valence-electron chi connectivity index (χ2n) is 5.12. The number of anilines is 1. The lowest BCUT2D eigenvalue weighted by Crippen LogP contribution is -2.34. The number of hydrogen-bond acceptors (Lipinski definition) is 4. The van der Waals surface area contributed by atoms with E-state index < -0.39 is 10.7 Å². The molecule has 0 bridgehead atoms. The summed E-state index contributed by atoms with van der Waals surface area (Å²) < 4.78 is 0. The molecule has 0 aliphatic rings. The minimum absolute atomic E-state index is 0.269. The third-order valence-corrected chi connectivity index (χ3v) is 3.59. The van der Waals surface area contributed by atoms with Crippen molar-refractivity contribution in [2.24, 2.45) is 5.41 Å². The van der Waals surface area contributed by atoms with Crippen molar-refractivity contribution in [1.29, 1.82) is 0 Å². The quantitative estimate of drug-likeness (QED) is 0.497. The Labute approximate surface area is 123 Å². The number of carbonyl (C=O) groups is 2. The first-order valence-electron chi connectivity index (χ1n) is 6.19. The standard InChI is InChI=1S/C14H19ClN2O3/c1-14(2,13(15)19)8-9-17(20-3)12(18)10-4-6-11(16)7-5-10/h4-7H,8-9,16H2,1-3H3. The molecular formula is C14H19ClN2O3. The highest BCUT2D eigenvalue weighted by molar-refractivity contribution is 6.64. The fraction of sp³-hybridized carbons (Fsp3) is 0.429. The van der Waals surface area contributed by atoms with Crippen molar-refractivity contribution in [3.63, 3.8) is 0 Å². The summed E-state index contributed by atoms with van der Waals surface area (Å²) in [5.41, 5.74) is 5.92. The number of halogens is 1. The predicted octanol–water partition coefficient (Wildman–Crippen LogP) is 2.45. The monoisotopic (exact) mass is 298 g/mol. The molecule has 0 radical (unpaired) electrons. The van der Waals surface area contributed by atoms with Gasteiger partial charge in [-0.15, -0.1) is 0 Å². The van der Waals surface area contributed by atoms with Gasteiger partial charge in [-0.2, -0.15) is 0 Å². The van der Waals surface area contributed by atoms with Gasteiger partial charge in [0.1, 0.15) is 0 Å². The molecule has 0 saturated carbocycles. The SMILES string of the molecule is CON(CCC(C)(C)C(=O)Cl)C(=O)c1ccc(N)cc1. The first-order chi connectivity index (χ1) is 9.27. The number of hydroxylamine groups is 2. The van der Waals surface area contributed by atoms with E-state index in [0.717, 1.165) is 0 Å². The summed E-state index contributed by atoms with van der Waals surface area (Å²) in [6.45, 7) is 3.72. The van der Waals surface area contributed by atoms with E-state index in [1.54, 1.807) is 38.1 Å². The molecule has 1 aromatic rings. The summed E-state index contributed by atoms with van der Waals surface area (Å²) in [6.07, 6.45) is 0.407. The summed E-state index contributed by atoms with van der Waals surface area (Å²) in [4.78, 5) is 28.5. The maximum atomic E-state index is 12.2. The van der Waals surface area contributed by atoms with E-state index in [-0.39, 0.29) is 12.5 Å². The van der Waals surface area contributed by atoms with Gasteiger partial charge in [0.25, 0.3) is 5.91 Å². The number of hydrogen-bond donors (Lipinski definition) is 1. The summed E-state index contributed by atoms with van der Waals surface area (Å²) in [5.74, 6) is -0.287. The Bertz CT molecular complexity index is 486. The van der Waals surface area contributed by atoms with Gasteiger partial charge < -0.3 is 5.73 Å². The second-order valence-corrected chi connectivity index (χ2v) is 5.46. The molecular weight excluding hydrogens is 280 g/mol. The van der Waals surface area contributed by atoms with Gasteiger partial charge >= 0.3 is 0 Å². The predicted molar refractivity (Wildman–Crippen MR) is 78.2 cm³/mol. The van der Waals surface area contributed by atoms with Gasteiger partial charge in [-0.05, 0) is 42.3 Å². The third kappa shape index (κ3) is 4.21. The molecule has 0 saturated heterocycles. The molecule has 110 valence electrons. The van der Waals surface area contributed by atoms with Crippen LogP contribution in [0.1, 0.15) is 30.6 Å². The van der Waals surface area contributed by atoms with E-state index in [1.165, 1.54) is 12.2 Å². The number of carbonyl (C=O) groups excluding carboxylic acids is 2. The first-order valence-corrected chi connectivity index (χ1v) is 6.57. The van der Waals surface area contributed by atoms with Gasteiger partial charge in [0.15, 0.2) is 0 Å². The average molecular weight is 299 g/mol. The highest BCUT2D eigenvalue weighted by Gasteiger charge is 2.27. The molecule has 0 unspecified atom stereocenters. The van der Waals surface area contributed by atoms with E-state index in [4.69, 9.17) is 22.2 Å². The Morgan fingerprint density at radius 3 is 2.30 bits per heavy atom. The summed E-state index contributed by atoms with van der Waals surface area (Å²) >= 11 is 5.51. The fourth-order valence-electron chi connectivity index (χ4n) is 1.52. The van der Waals surface area contributed by atoms with Crippen LogP contribution in [-0.2, 0) is 9.63 Å². The molecule has 0 heterocycles. The molecule has 0 fully saturated rings. The number of nitrogens with zero attached hydrogens (tertiary/aromatic N) is 1.